The number of amides is 1. The molecule has 0 N–H and O–H groups in total. The number of nitrogens with zero attached hydrogens (tertiary/aromatic N) is 2. The molecule has 160 valence electrons. The van der Waals surface area contributed by atoms with Gasteiger partial charge in [0, 0.05) is 29.7 Å². The number of benzene rings is 1. The highest BCUT2D eigenvalue weighted by atomic mass is 32.2. The molecule has 1 fully saturated rings. The van der Waals surface area contributed by atoms with Crippen molar-refractivity contribution >= 4 is 57.9 Å². The van der Waals surface area contributed by atoms with E-state index in [2.05, 4.69) is 0 Å². The zero-order valence-corrected chi connectivity index (χ0v) is 17.1. The molecular formula is C19H12N2O8S2-2. The van der Waals surface area contributed by atoms with Gasteiger partial charge in [-0.2, -0.15) is 0 Å². The maximum Gasteiger partial charge on any atom is 0.269 e. The molecule has 1 atom stereocenters. The van der Waals surface area contributed by atoms with E-state index in [-0.39, 0.29) is 20.7 Å². The van der Waals surface area contributed by atoms with E-state index in [1.807, 2.05) is 0 Å². The van der Waals surface area contributed by atoms with Gasteiger partial charge in [-0.05, 0) is 37.1 Å². The average Bonchev–Trinajstić information content (AvgIpc) is 3.28. The molecule has 1 aromatic carbocycles. The van der Waals surface area contributed by atoms with Crippen LogP contribution in [0.4, 0.5) is 5.69 Å². The summed E-state index contributed by atoms with van der Waals surface area (Å²) in [7, 11) is 0. The summed E-state index contributed by atoms with van der Waals surface area (Å²) in [4.78, 5) is 45.9. The van der Waals surface area contributed by atoms with Crippen molar-refractivity contribution < 1.29 is 33.9 Å². The molecule has 2 aromatic rings. The Balaban J connectivity index is 1.80. The average molecular weight is 460 g/mol. The highest BCUT2D eigenvalue weighted by molar-refractivity contribution is 8.26. The zero-order chi connectivity index (χ0) is 22.7. The lowest BCUT2D eigenvalue weighted by molar-refractivity contribution is -0.384. The zero-order valence-electron chi connectivity index (χ0n) is 15.5. The van der Waals surface area contributed by atoms with Crippen molar-refractivity contribution in [3.63, 3.8) is 0 Å². The summed E-state index contributed by atoms with van der Waals surface area (Å²) in [6.07, 6.45) is 0.389. The first-order valence-corrected chi connectivity index (χ1v) is 9.92. The van der Waals surface area contributed by atoms with Crippen LogP contribution in [0, 0.1) is 10.1 Å². The van der Waals surface area contributed by atoms with Crippen LogP contribution in [0.25, 0.3) is 17.4 Å². The molecule has 1 amide bonds. The van der Waals surface area contributed by atoms with Crippen molar-refractivity contribution in [2.24, 2.45) is 0 Å². The van der Waals surface area contributed by atoms with Crippen LogP contribution in [0.5, 0.6) is 0 Å². The number of thioether (sulfide) groups is 1. The molecule has 2 heterocycles. The highest BCUT2D eigenvalue weighted by Gasteiger charge is 2.37. The summed E-state index contributed by atoms with van der Waals surface area (Å²) in [5.74, 6) is -3.12. The second-order valence-electron chi connectivity index (χ2n) is 6.30. The standard InChI is InChI=1S/C19H14N2O8S2/c22-16(23)8-6-13(18(25)26)20-17(24)15(31-19(20)30)9-12-5-7-14(29-12)10-1-3-11(4-2-10)21(27)28/h1-5,7,9,13H,6,8H2,(H,22,23)(H,25,26)/p-2/b15-9-/t13-/m0/s1. The van der Waals surface area contributed by atoms with Gasteiger partial charge in [-0.3, -0.25) is 19.8 Å². The van der Waals surface area contributed by atoms with Crippen LogP contribution in [0.3, 0.4) is 0 Å². The third kappa shape index (κ3) is 4.98. The quantitative estimate of drug-likeness (QED) is 0.238. The highest BCUT2D eigenvalue weighted by Crippen LogP contribution is 2.35. The number of non-ortho nitro benzene ring substituents is 1. The van der Waals surface area contributed by atoms with Gasteiger partial charge in [0.1, 0.15) is 15.8 Å². The number of hydrogen-bond acceptors (Lipinski definition) is 10. The smallest absolute Gasteiger partial charge is 0.269 e. The fourth-order valence-corrected chi connectivity index (χ4v) is 4.15. The Labute approximate surface area is 184 Å². The van der Waals surface area contributed by atoms with Crippen LogP contribution < -0.4 is 10.2 Å². The number of thiocarbonyl (C=S) groups is 1. The minimum Gasteiger partial charge on any atom is -0.550 e. The molecule has 12 heteroatoms. The number of carboxylic acids is 2. The van der Waals surface area contributed by atoms with Crippen molar-refractivity contribution in [3.05, 3.63) is 57.2 Å². The lowest BCUT2D eigenvalue weighted by atomic mass is 10.1. The Morgan fingerprint density at radius 3 is 2.45 bits per heavy atom. The Morgan fingerprint density at radius 1 is 1.19 bits per heavy atom. The van der Waals surface area contributed by atoms with Gasteiger partial charge in [0.2, 0.25) is 0 Å². The van der Waals surface area contributed by atoms with E-state index in [9.17, 15) is 34.7 Å². The van der Waals surface area contributed by atoms with Crippen LogP contribution in [0.1, 0.15) is 18.6 Å². The number of hydrogen-bond donors (Lipinski definition) is 0. The molecule has 0 bridgehead atoms. The van der Waals surface area contributed by atoms with Gasteiger partial charge in [-0.25, -0.2) is 0 Å². The first-order chi connectivity index (χ1) is 14.7. The molecule has 1 aliphatic heterocycles. The van der Waals surface area contributed by atoms with Crippen LogP contribution >= 0.6 is 24.0 Å². The van der Waals surface area contributed by atoms with Gasteiger partial charge >= 0.3 is 0 Å². The molecule has 0 unspecified atom stereocenters. The number of carbonyl (C=O) groups excluding carboxylic acids is 3. The third-order valence-corrected chi connectivity index (χ3v) is 5.62. The fourth-order valence-electron chi connectivity index (χ4n) is 2.82. The Bertz CT molecular complexity index is 1110. The van der Waals surface area contributed by atoms with Gasteiger partial charge in [0.15, 0.2) is 0 Å². The molecule has 1 saturated heterocycles. The molecule has 31 heavy (non-hydrogen) atoms. The van der Waals surface area contributed by atoms with E-state index >= 15 is 0 Å². The molecule has 0 saturated carbocycles. The predicted molar refractivity (Wildman–Crippen MR) is 109 cm³/mol. The van der Waals surface area contributed by atoms with Gasteiger partial charge in [-0.15, -0.1) is 0 Å². The molecule has 0 radical (unpaired) electrons. The largest absolute Gasteiger partial charge is 0.550 e. The van der Waals surface area contributed by atoms with Gasteiger partial charge < -0.3 is 24.2 Å². The van der Waals surface area contributed by atoms with Gasteiger partial charge in [0.25, 0.3) is 11.6 Å². The summed E-state index contributed by atoms with van der Waals surface area (Å²) in [5, 5.41) is 32.8. The number of carboxylic acid groups (broad SMARTS) is 2. The van der Waals surface area contributed by atoms with Gasteiger partial charge in [-0.1, -0.05) is 24.0 Å². The number of rotatable bonds is 8. The van der Waals surface area contributed by atoms with Gasteiger partial charge in [0.05, 0.1) is 21.8 Å². The van der Waals surface area contributed by atoms with E-state index < -0.39 is 41.7 Å². The Kier molecular flexibility index (Phi) is 6.51. The molecule has 0 aliphatic carbocycles. The monoisotopic (exact) mass is 460 g/mol. The van der Waals surface area contributed by atoms with E-state index in [1.54, 1.807) is 12.1 Å². The predicted octanol–water partition coefficient (Wildman–Crippen LogP) is 0.705. The van der Waals surface area contributed by atoms with Crippen LogP contribution in [-0.4, -0.2) is 38.0 Å². The van der Waals surface area contributed by atoms with E-state index in [0.717, 1.165) is 16.7 Å². The van der Waals surface area contributed by atoms with Crippen LogP contribution in [0.15, 0.2) is 45.7 Å². The minimum absolute atomic E-state index is 0.0500. The third-order valence-electron chi connectivity index (χ3n) is 4.29. The Hall–Kier alpha value is -3.51. The summed E-state index contributed by atoms with van der Waals surface area (Å²) in [6.45, 7) is 0. The summed E-state index contributed by atoms with van der Waals surface area (Å²) >= 11 is 5.94. The number of nitro groups is 1. The fraction of sp³-hybridized carbons (Fsp3) is 0.158. The lowest BCUT2D eigenvalue weighted by Crippen LogP contribution is -2.50. The second-order valence-corrected chi connectivity index (χ2v) is 7.98. The van der Waals surface area contributed by atoms with Crippen molar-refractivity contribution in [2.45, 2.75) is 18.9 Å². The molecule has 0 spiro atoms. The number of aliphatic carboxylic acids is 2. The lowest BCUT2D eigenvalue weighted by Gasteiger charge is -2.27. The maximum atomic E-state index is 12.7. The molecule has 1 aliphatic rings. The van der Waals surface area contributed by atoms with E-state index in [1.165, 1.54) is 30.3 Å². The van der Waals surface area contributed by atoms with Crippen molar-refractivity contribution in [2.75, 3.05) is 0 Å². The first kappa shape index (κ1) is 22.2. The normalized spacial score (nSPS) is 16.0. The number of furan rings is 1. The topological polar surface area (TPSA) is 157 Å². The first-order valence-electron chi connectivity index (χ1n) is 8.70. The molecule has 3 rings (SSSR count). The summed E-state index contributed by atoms with van der Waals surface area (Å²) in [5.41, 5.74) is 0.512. The number of carbonyl (C=O) groups is 3. The van der Waals surface area contributed by atoms with Crippen molar-refractivity contribution in [3.8, 4) is 11.3 Å². The maximum absolute atomic E-state index is 12.7. The van der Waals surface area contributed by atoms with Crippen molar-refractivity contribution in [1.82, 2.24) is 4.90 Å². The van der Waals surface area contributed by atoms with Crippen LogP contribution in [0.2, 0.25) is 0 Å². The molecular weight excluding hydrogens is 448 g/mol. The van der Waals surface area contributed by atoms with E-state index in [4.69, 9.17) is 16.6 Å². The Morgan fingerprint density at radius 2 is 1.87 bits per heavy atom. The van der Waals surface area contributed by atoms with Crippen LogP contribution in [-0.2, 0) is 14.4 Å². The SMILES string of the molecule is O=C([O-])CC[C@@H](C(=O)[O-])N1C(=O)/C(=C/c2ccc(-c3ccc([N+](=O)[O-])cc3)o2)SC1=S. The summed E-state index contributed by atoms with van der Waals surface area (Å²) < 4.78 is 5.60. The number of nitro benzene ring substituents is 1. The van der Waals surface area contributed by atoms with Crippen molar-refractivity contribution in [1.29, 1.82) is 0 Å². The minimum atomic E-state index is -1.63. The van der Waals surface area contributed by atoms with E-state index in [0.29, 0.717) is 11.3 Å². The molecule has 10 nitrogen and oxygen atoms in total. The molecule has 1 aromatic heterocycles. The second kappa shape index (κ2) is 9.10. The summed E-state index contributed by atoms with van der Waals surface area (Å²) in [6, 6.07) is 7.32.